The van der Waals surface area contributed by atoms with E-state index in [0.29, 0.717) is 12.1 Å². The van der Waals surface area contributed by atoms with Crippen LogP contribution in [0.3, 0.4) is 0 Å². The molecule has 0 bridgehead atoms. The first kappa shape index (κ1) is 27.4. The summed E-state index contributed by atoms with van der Waals surface area (Å²) in [6.07, 6.45) is 0.552. The number of fused-ring (bicyclic) bond motifs is 1. The van der Waals surface area contributed by atoms with Gasteiger partial charge in [0.2, 0.25) is 11.3 Å². The number of carbonyl (C=O) groups excluding carboxylic acids is 2. The molecule has 2 aromatic carbocycles. The molecule has 1 fully saturated rings. The minimum Gasteiger partial charge on any atom is -0.319 e. The summed E-state index contributed by atoms with van der Waals surface area (Å²) in [6, 6.07) is 8.01. The van der Waals surface area contributed by atoms with Crippen molar-refractivity contribution in [2.24, 2.45) is 0 Å². The zero-order valence-electron chi connectivity index (χ0n) is 19.4. The number of halogens is 6. The molecule has 0 aliphatic carbocycles. The summed E-state index contributed by atoms with van der Waals surface area (Å²) in [4.78, 5) is 44.8. The van der Waals surface area contributed by atoms with Crippen molar-refractivity contribution in [1.29, 1.82) is 0 Å². The quantitative estimate of drug-likeness (QED) is 0.266. The van der Waals surface area contributed by atoms with Crippen molar-refractivity contribution in [2.45, 2.75) is 12.5 Å². The van der Waals surface area contributed by atoms with Gasteiger partial charge in [-0.1, -0.05) is 29.3 Å². The maximum absolute atomic E-state index is 14.9. The number of nitrogens with one attached hydrogen (secondary N) is 1. The number of para-hydroxylation sites is 1. The van der Waals surface area contributed by atoms with Gasteiger partial charge in [0, 0.05) is 18.3 Å². The van der Waals surface area contributed by atoms with Crippen LogP contribution in [0, 0.1) is 17.5 Å². The summed E-state index contributed by atoms with van der Waals surface area (Å²) in [6.45, 7) is 0.156. The molecule has 5 rings (SSSR count). The largest absolute Gasteiger partial charge is 0.319 e. The molecule has 200 valence electrons. The Morgan fingerprint density at radius 3 is 2.36 bits per heavy atom. The smallest absolute Gasteiger partial charge is 0.261 e. The molecule has 4 aromatic rings. The molecule has 39 heavy (non-hydrogen) atoms. The first-order valence-electron chi connectivity index (χ1n) is 11.1. The molecule has 14 heteroatoms. The van der Waals surface area contributed by atoms with Crippen LogP contribution in [-0.4, -0.2) is 34.0 Å². The third kappa shape index (κ3) is 5.09. The molecule has 1 aliphatic heterocycles. The van der Waals surface area contributed by atoms with E-state index >= 15 is 0 Å². The van der Waals surface area contributed by atoms with Gasteiger partial charge in [-0.3, -0.25) is 23.9 Å². The lowest BCUT2D eigenvalue weighted by molar-refractivity contribution is -0.117. The van der Waals surface area contributed by atoms with Crippen LogP contribution in [0.5, 0.6) is 0 Å². The number of pyridine rings is 2. The molecular formula is C25H14Cl2F3IN4O4. The van der Waals surface area contributed by atoms with Gasteiger partial charge in [0.05, 0.1) is 40.2 Å². The standard InChI is InChI=1S/C25H14Cl2F3IN4O4/c26-15-2-1-3-16(27)21(15)33-25(38)14-10-35(22-17(29)6-11(28)7-18(22)30)24-13(23(14)37)4-5-19(32-24)34-9-12(39-31)8-20(34)36/h1-7,10,12H,8-9H2,(H,33,38)/t12-/m0/s1. The third-order valence-electron chi connectivity index (χ3n) is 6.00. The first-order valence-corrected chi connectivity index (χ1v) is 12.8. The van der Waals surface area contributed by atoms with E-state index < -0.39 is 46.1 Å². The number of carbonyl (C=O) groups is 2. The predicted octanol–water partition coefficient (Wildman–Crippen LogP) is 5.83. The normalized spacial score (nSPS) is 15.3. The fourth-order valence-corrected chi connectivity index (χ4v) is 5.03. The second-order valence-corrected chi connectivity index (χ2v) is 9.79. The maximum Gasteiger partial charge on any atom is 0.261 e. The van der Waals surface area contributed by atoms with Crippen molar-refractivity contribution in [3.8, 4) is 5.69 Å². The Bertz CT molecular complexity index is 1690. The lowest BCUT2D eigenvalue weighted by Gasteiger charge is -2.18. The summed E-state index contributed by atoms with van der Waals surface area (Å²) < 4.78 is 49.6. The highest BCUT2D eigenvalue weighted by molar-refractivity contribution is 14.1. The van der Waals surface area contributed by atoms with Crippen LogP contribution >= 0.6 is 46.2 Å². The molecule has 2 amide bonds. The third-order valence-corrected chi connectivity index (χ3v) is 7.35. The van der Waals surface area contributed by atoms with Gasteiger partial charge < -0.3 is 8.38 Å². The van der Waals surface area contributed by atoms with Crippen molar-refractivity contribution in [3.05, 3.63) is 91.9 Å². The zero-order valence-corrected chi connectivity index (χ0v) is 23.0. The van der Waals surface area contributed by atoms with Gasteiger partial charge in [0.25, 0.3) is 5.91 Å². The lowest BCUT2D eigenvalue weighted by Crippen LogP contribution is -2.28. The van der Waals surface area contributed by atoms with Crippen molar-refractivity contribution < 1.29 is 25.8 Å². The van der Waals surface area contributed by atoms with E-state index in [1.807, 2.05) is 0 Å². The molecule has 3 heterocycles. The van der Waals surface area contributed by atoms with Gasteiger partial charge in [-0.2, -0.15) is 0 Å². The van der Waals surface area contributed by atoms with E-state index in [4.69, 9.17) is 26.3 Å². The SMILES string of the molecule is O=C(Nc1c(Cl)cccc1Cl)c1cn(-c2c(F)cc(F)cc2F)c2nc(N3C[C@@H](OI)CC3=O)ccc2c1=O. The zero-order chi connectivity index (χ0) is 28.0. The molecule has 1 saturated heterocycles. The molecule has 2 aromatic heterocycles. The van der Waals surface area contributed by atoms with E-state index in [-0.39, 0.29) is 51.5 Å². The van der Waals surface area contributed by atoms with Gasteiger partial charge >= 0.3 is 0 Å². The Balaban J connectivity index is 1.73. The number of rotatable bonds is 5. The van der Waals surface area contributed by atoms with Crippen LogP contribution in [-0.2, 0) is 7.86 Å². The monoisotopic (exact) mass is 688 g/mol. The number of hydrogen-bond acceptors (Lipinski definition) is 5. The topological polar surface area (TPSA) is 93.5 Å². The lowest BCUT2D eigenvalue weighted by atomic mass is 10.1. The molecule has 1 N–H and O–H groups in total. The molecule has 8 nitrogen and oxygen atoms in total. The highest BCUT2D eigenvalue weighted by atomic mass is 127. The van der Waals surface area contributed by atoms with E-state index in [0.717, 1.165) is 10.8 Å². The predicted molar refractivity (Wildman–Crippen MR) is 147 cm³/mol. The molecule has 0 spiro atoms. The Kier molecular flexibility index (Phi) is 7.55. The first-order chi connectivity index (χ1) is 18.6. The molecule has 1 atom stereocenters. The van der Waals surface area contributed by atoms with Crippen LogP contribution in [0.15, 0.2) is 53.5 Å². The number of aromatic nitrogens is 2. The highest BCUT2D eigenvalue weighted by Crippen LogP contribution is 2.31. The van der Waals surface area contributed by atoms with E-state index in [1.54, 1.807) is 29.1 Å². The van der Waals surface area contributed by atoms with Gasteiger partial charge in [-0.25, -0.2) is 18.2 Å². The average molecular weight is 689 g/mol. The van der Waals surface area contributed by atoms with E-state index in [9.17, 15) is 27.6 Å². The second-order valence-electron chi connectivity index (χ2n) is 8.47. The van der Waals surface area contributed by atoms with Crippen LogP contribution in [0.2, 0.25) is 10.0 Å². The Hall–Kier alpha value is -3.20. The molecule has 0 radical (unpaired) electrons. The van der Waals surface area contributed by atoms with E-state index in [1.165, 1.54) is 29.2 Å². The van der Waals surface area contributed by atoms with Crippen molar-refractivity contribution >= 4 is 80.6 Å². The highest BCUT2D eigenvalue weighted by Gasteiger charge is 2.32. The van der Waals surface area contributed by atoms with Crippen molar-refractivity contribution in [1.82, 2.24) is 9.55 Å². The Morgan fingerprint density at radius 1 is 1.08 bits per heavy atom. The average Bonchev–Trinajstić information content (AvgIpc) is 3.27. The summed E-state index contributed by atoms with van der Waals surface area (Å²) in [5, 5.41) is 2.41. The summed E-state index contributed by atoms with van der Waals surface area (Å²) >= 11 is 13.9. The summed E-state index contributed by atoms with van der Waals surface area (Å²) in [5.74, 6) is -5.02. The van der Waals surface area contributed by atoms with E-state index in [2.05, 4.69) is 10.3 Å². The minimum atomic E-state index is -1.32. The van der Waals surface area contributed by atoms with Crippen LogP contribution in [0.25, 0.3) is 16.7 Å². The minimum absolute atomic E-state index is 0.0177. The Morgan fingerprint density at radius 2 is 1.74 bits per heavy atom. The number of amides is 2. The molecule has 1 aliphatic rings. The summed E-state index contributed by atoms with van der Waals surface area (Å²) in [7, 11) is 0. The number of anilines is 2. The maximum atomic E-state index is 14.9. The second kappa shape index (κ2) is 10.8. The fourth-order valence-electron chi connectivity index (χ4n) is 4.19. The Labute approximate surface area is 242 Å². The van der Waals surface area contributed by atoms with Gasteiger partial charge in [-0.05, 0) is 24.3 Å². The number of nitrogens with zero attached hydrogens (tertiary/aromatic N) is 3. The number of hydrogen-bond donors (Lipinski definition) is 1. The van der Waals surface area contributed by atoms with Crippen LogP contribution in [0.1, 0.15) is 16.8 Å². The van der Waals surface area contributed by atoms with Gasteiger partial charge in [0.1, 0.15) is 45.9 Å². The molecule has 0 saturated carbocycles. The van der Waals surface area contributed by atoms with Crippen LogP contribution < -0.4 is 15.6 Å². The molecular weight excluding hydrogens is 675 g/mol. The van der Waals surface area contributed by atoms with Crippen molar-refractivity contribution in [2.75, 3.05) is 16.8 Å². The molecule has 0 unspecified atom stereocenters. The fraction of sp³-hybridized carbons (Fsp3) is 0.120. The van der Waals surface area contributed by atoms with Gasteiger partial charge in [0.15, 0.2) is 17.3 Å². The van der Waals surface area contributed by atoms with Crippen LogP contribution in [0.4, 0.5) is 24.7 Å². The number of benzene rings is 2. The summed E-state index contributed by atoms with van der Waals surface area (Å²) in [5.41, 5.74) is -2.42. The van der Waals surface area contributed by atoms with Crippen molar-refractivity contribution in [3.63, 3.8) is 0 Å². The van der Waals surface area contributed by atoms with Gasteiger partial charge in [-0.15, -0.1) is 0 Å².